The Labute approximate surface area is 137 Å². The molecule has 0 atom stereocenters. The summed E-state index contributed by atoms with van der Waals surface area (Å²) in [6.45, 7) is 4.14. The van der Waals surface area contributed by atoms with Gasteiger partial charge in [-0.2, -0.15) is 0 Å². The Morgan fingerprint density at radius 3 is 2.50 bits per heavy atom. The second-order valence-corrected chi connectivity index (χ2v) is 6.80. The molecule has 0 spiro atoms. The smallest absolute Gasteiger partial charge is 0.241 e. The van der Waals surface area contributed by atoms with Gasteiger partial charge in [0, 0.05) is 35.2 Å². The molecule has 1 aromatic heterocycles. The maximum Gasteiger partial charge on any atom is 0.241 e. The summed E-state index contributed by atoms with van der Waals surface area (Å²) in [6, 6.07) is 6.89. The van der Waals surface area contributed by atoms with Crippen LogP contribution in [-0.4, -0.2) is 25.5 Å². The first-order chi connectivity index (χ1) is 9.98. The van der Waals surface area contributed by atoms with Crippen LogP contribution in [0.3, 0.4) is 0 Å². The number of halogens is 1. The van der Waals surface area contributed by atoms with Gasteiger partial charge in [-0.25, -0.2) is 13.1 Å². The van der Waals surface area contributed by atoms with Gasteiger partial charge >= 0.3 is 0 Å². The van der Waals surface area contributed by atoms with Crippen LogP contribution in [0.25, 0.3) is 10.8 Å². The van der Waals surface area contributed by atoms with Crippen molar-refractivity contribution in [3.63, 3.8) is 0 Å². The van der Waals surface area contributed by atoms with E-state index in [1.807, 2.05) is 19.9 Å². The lowest BCUT2D eigenvalue weighted by Gasteiger charge is -2.31. The Kier molecular flexibility index (Phi) is 6.31. The van der Waals surface area contributed by atoms with Crippen LogP contribution in [0.5, 0.6) is 0 Å². The van der Waals surface area contributed by atoms with E-state index in [9.17, 15) is 8.42 Å². The number of hydrogen-bond acceptors (Lipinski definition) is 4. The summed E-state index contributed by atoms with van der Waals surface area (Å²) >= 11 is 0. The van der Waals surface area contributed by atoms with E-state index in [2.05, 4.69) is 9.71 Å². The number of sulfonamides is 1. The van der Waals surface area contributed by atoms with Crippen LogP contribution in [0, 0.1) is 0 Å². The lowest BCUT2D eigenvalue weighted by molar-refractivity contribution is 0.363. The molecule has 3 N–H and O–H groups in total. The first kappa shape index (κ1) is 18.8. The maximum atomic E-state index is 12.8. The minimum atomic E-state index is -3.64. The zero-order valence-electron chi connectivity index (χ0n) is 12.7. The number of rotatable bonds is 6. The first-order valence-electron chi connectivity index (χ1n) is 7.05. The van der Waals surface area contributed by atoms with Gasteiger partial charge in [-0.15, -0.1) is 12.4 Å². The third-order valence-electron chi connectivity index (χ3n) is 4.03. The third kappa shape index (κ3) is 3.57. The molecule has 0 unspecified atom stereocenters. The van der Waals surface area contributed by atoms with Crippen molar-refractivity contribution in [2.75, 3.05) is 6.54 Å². The summed E-state index contributed by atoms with van der Waals surface area (Å²) in [4.78, 5) is 4.29. The van der Waals surface area contributed by atoms with Crippen LogP contribution in [0.1, 0.15) is 26.7 Å². The Morgan fingerprint density at radius 2 is 1.91 bits per heavy atom. The fourth-order valence-corrected chi connectivity index (χ4v) is 4.18. The van der Waals surface area contributed by atoms with E-state index in [1.54, 1.807) is 30.6 Å². The van der Waals surface area contributed by atoms with Crippen molar-refractivity contribution >= 4 is 33.2 Å². The number of nitrogens with one attached hydrogen (secondary N) is 1. The number of fused-ring (bicyclic) bond motifs is 1. The molecule has 5 nitrogen and oxygen atoms in total. The molecule has 0 saturated heterocycles. The Morgan fingerprint density at radius 1 is 1.23 bits per heavy atom. The summed E-state index contributed by atoms with van der Waals surface area (Å²) in [5.74, 6) is 0. The van der Waals surface area contributed by atoms with Gasteiger partial charge in [0.25, 0.3) is 0 Å². The van der Waals surface area contributed by atoms with Crippen molar-refractivity contribution in [2.24, 2.45) is 5.73 Å². The highest BCUT2D eigenvalue weighted by Crippen LogP contribution is 2.24. The minimum absolute atomic E-state index is 0. The van der Waals surface area contributed by atoms with Gasteiger partial charge in [0.2, 0.25) is 10.0 Å². The van der Waals surface area contributed by atoms with Crippen LogP contribution in [0.2, 0.25) is 0 Å². The van der Waals surface area contributed by atoms with Crippen molar-refractivity contribution in [1.29, 1.82) is 0 Å². The molecule has 2 aromatic rings. The highest BCUT2D eigenvalue weighted by molar-refractivity contribution is 7.89. The molecule has 0 bridgehead atoms. The van der Waals surface area contributed by atoms with Gasteiger partial charge in [-0.05, 0) is 25.0 Å². The van der Waals surface area contributed by atoms with Crippen molar-refractivity contribution in [3.05, 3.63) is 36.7 Å². The molecule has 0 radical (unpaired) electrons. The quantitative estimate of drug-likeness (QED) is 0.843. The number of nitrogens with two attached hydrogens (primary N) is 1. The van der Waals surface area contributed by atoms with E-state index >= 15 is 0 Å². The van der Waals surface area contributed by atoms with Crippen molar-refractivity contribution < 1.29 is 8.42 Å². The molecule has 0 aliphatic heterocycles. The number of aromatic nitrogens is 1. The van der Waals surface area contributed by atoms with Gasteiger partial charge in [-0.1, -0.05) is 26.0 Å². The highest BCUT2D eigenvalue weighted by atomic mass is 35.5. The molecule has 22 heavy (non-hydrogen) atoms. The molecule has 1 heterocycles. The van der Waals surface area contributed by atoms with Gasteiger partial charge in [0.1, 0.15) is 0 Å². The van der Waals surface area contributed by atoms with Crippen molar-refractivity contribution in [3.8, 4) is 0 Å². The lowest BCUT2D eigenvalue weighted by atomic mass is 9.95. The van der Waals surface area contributed by atoms with Crippen molar-refractivity contribution in [1.82, 2.24) is 9.71 Å². The van der Waals surface area contributed by atoms with Crippen molar-refractivity contribution in [2.45, 2.75) is 37.1 Å². The molecule has 7 heteroatoms. The van der Waals surface area contributed by atoms with Crippen LogP contribution < -0.4 is 10.5 Å². The standard InChI is InChI=1S/C15H21N3O2S.ClH/c1-3-15(4-2,11-16)18-21(19,20)14-7-5-6-12-10-17-9-8-13(12)14;/h5-10,18H,3-4,11,16H2,1-2H3;1H. The Balaban J connectivity index is 0.00000242. The predicted octanol–water partition coefficient (Wildman–Crippen LogP) is 2.45. The number of nitrogens with zero attached hydrogens (tertiary/aromatic N) is 1. The third-order valence-corrected chi connectivity index (χ3v) is 5.66. The topological polar surface area (TPSA) is 85.1 Å². The van der Waals surface area contributed by atoms with Crippen LogP contribution in [-0.2, 0) is 10.0 Å². The number of benzene rings is 1. The Bertz CT molecular complexity index is 717. The molecule has 122 valence electrons. The minimum Gasteiger partial charge on any atom is -0.329 e. The van der Waals surface area contributed by atoms with Crippen LogP contribution >= 0.6 is 12.4 Å². The van der Waals surface area contributed by atoms with E-state index in [0.29, 0.717) is 18.2 Å². The van der Waals surface area contributed by atoms with Gasteiger partial charge in [0.05, 0.1) is 4.90 Å². The maximum absolute atomic E-state index is 12.8. The summed E-state index contributed by atoms with van der Waals surface area (Å²) in [5, 5.41) is 1.46. The SMILES string of the molecule is CCC(CC)(CN)NS(=O)(=O)c1cccc2cnccc12.Cl. The first-order valence-corrected chi connectivity index (χ1v) is 8.53. The number of hydrogen-bond donors (Lipinski definition) is 2. The monoisotopic (exact) mass is 343 g/mol. The molecule has 2 rings (SSSR count). The fraction of sp³-hybridized carbons (Fsp3) is 0.400. The van der Waals surface area contributed by atoms with E-state index in [1.165, 1.54) is 0 Å². The molecular weight excluding hydrogens is 322 g/mol. The van der Waals surface area contributed by atoms with Crippen LogP contribution in [0.15, 0.2) is 41.6 Å². The van der Waals surface area contributed by atoms with E-state index in [4.69, 9.17) is 5.73 Å². The number of pyridine rings is 1. The average molecular weight is 344 g/mol. The highest BCUT2D eigenvalue weighted by Gasteiger charge is 2.31. The largest absolute Gasteiger partial charge is 0.329 e. The average Bonchev–Trinajstić information content (AvgIpc) is 2.52. The molecule has 0 fully saturated rings. The zero-order valence-corrected chi connectivity index (χ0v) is 14.4. The van der Waals surface area contributed by atoms with E-state index in [-0.39, 0.29) is 23.8 Å². The van der Waals surface area contributed by atoms with E-state index in [0.717, 1.165) is 5.39 Å². The fourth-order valence-electron chi connectivity index (χ4n) is 2.39. The zero-order chi connectivity index (χ0) is 15.5. The van der Waals surface area contributed by atoms with Crippen LogP contribution in [0.4, 0.5) is 0 Å². The summed E-state index contributed by atoms with van der Waals surface area (Å²) in [6.07, 6.45) is 4.54. The summed E-state index contributed by atoms with van der Waals surface area (Å²) in [7, 11) is -3.64. The lowest BCUT2D eigenvalue weighted by Crippen LogP contribution is -2.52. The molecule has 0 saturated carbocycles. The molecule has 1 aromatic carbocycles. The van der Waals surface area contributed by atoms with Gasteiger partial charge < -0.3 is 5.73 Å². The second kappa shape index (κ2) is 7.37. The predicted molar refractivity (Wildman–Crippen MR) is 91.7 cm³/mol. The summed E-state index contributed by atoms with van der Waals surface area (Å²) < 4.78 is 28.3. The van der Waals surface area contributed by atoms with E-state index < -0.39 is 15.6 Å². The van der Waals surface area contributed by atoms with Gasteiger partial charge in [-0.3, -0.25) is 4.98 Å². The molecule has 0 aliphatic carbocycles. The summed E-state index contributed by atoms with van der Waals surface area (Å²) in [5.41, 5.74) is 5.19. The molecular formula is C15H22ClN3O2S. The molecule has 0 amide bonds. The molecule has 0 aliphatic rings. The Hall–Kier alpha value is -1.21. The van der Waals surface area contributed by atoms with Gasteiger partial charge in [0.15, 0.2) is 0 Å². The second-order valence-electron chi connectivity index (χ2n) is 5.15. The normalized spacial score (nSPS) is 12.1.